The van der Waals surface area contributed by atoms with Crippen molar-refractivity contribution in [2.24, 2.45) is 17.7 Å². The molecule has 0 saturated heterocycles. The fourth-order valence-corrected chi connectivity index (χ4v) is 3.30. The standard InChI is InChI=1S/C16H26N2O2/c1-11-5-4-6-12(7-11)16(18-17)13-8-14(19-2)10-15(9-13)20-3/h8-12,16,18H,4-7,17H2,1-3H3. The van der Waals surface area contributed by atoms with Crippen LogP contribution in [0.2, 0.25) is 0 Å². The maximum atomic E-state index is 5.83. The molecule has 4 heteroatoms. The summed E-state index contributed by atoms with van der Waals surface area (Å²) in [7, 11) is 3.35. The molecule has 4 nitrogen and oxygen atoms in total. The largest absolute Gasteiger partial charge is 0.497 e. The molecule has 2 rings (SSSR count). The van der Waals surface area contributed by atoms with Gasteiger partial charge in [0.1, 0.15) is 11.5 Å². The van der Waals surface area contributed by atoms with Crippen LogP contribution in [0.3, 0.4) is 0 Å². The molecule has 20 heavy (non-hydrogen) atoms. The van der Waals surface area contributed by atoms with Gasteiger partial charge < -0.3 is 9.47 Å². The maximum absolute atomic E-state index is 5.83. The van der Waals surface area contributed by atoms with E-state index in [2.05, 4.69) is 12.3 Å². The molecule has 3 N–H and O–H groups in total. The Morgan fingerprint density at radius 2 is 1.80 bits per heavy atom. The lowest BCUT2D eigenvalue weighted by molar-refractivity contribution is 0.224. The number of benzene rings is 1. The van der Waals surface area contributed by atoms with Crippen LogP contribution in [-0.4, -0.2) is 14.2 Å². The van der Waals surface area contributed by atoms with Crippen molar-refractivity contribution < 1.29 is 9.47 Å². The summed E-state index contributed by atoms with van der Waals surface area (Å²) >= 11 is 0. The quantitative estimate of drug-likeness (QED) is 0.642. The van der Waals surface area contributed by atoms with Crippen molar-refractivity contribution in [3.8, 4) is 11.5 Å². The molecule has 0 amide bonds. The summed E-state index contributed by atoms with van der Waals surface area (Å²) < 4.78 is 10.7. The second-order valence-corrected chi connectivity index (χ2v) is 5.82. The van der Waals surface area contributed by atoms with Gasteiger partial charge in [0.15, 0.2) is 0 Å². The van der Waals surface area contributed by atoms with E-state index >= 15 is 0 Å². The van der Waals surface area contributed by atoms with Crippen LogP contribution in [0.5, 0.6) is 11.5 Å². The van der Waals surface area contributed by atoms with Crippen molar-refractivity contribution in [2.45, 2.75) is 38.6 Å². The fraction of sp³-hybridized carbons (Fsp3) is 0.625. The number of hydrogen-bond donors (Lipinski definition) is 2. The van der Waals surface area contributed by atoms with Crippen LogP contribution >= 0.6 is 0 Å². The Morgan fingerprint density at radius 1 is 1.15 bits per heavy atom. The Morgan fingerprint density at radius 3 is 2.30 bits per heavy atom. The fourth-order valence-electron chi connectivity index (χ4n) is 3.30. The van der Waals surface area contributed by atoms with Gasteiger partial charge in [0.25, 0.3) is 0 Å². The normalized spacial score (nSPS) is 24.2. The van der Waals surface area contributed by atoms with E-state index in [0.29, 0.717) is 5.92 Å². The molecule has 0 aliphatic heterocycles. The molecule has 0 spiro atoms. The highest BCUT2D eigenvalue weighted by Crippen LogP contribution is 2.38. The highest BCUT2D eigenvalue weighted by atomic mass is 16.5. The molecular weight excluding hydrogens is 252 g/mol. The molecule has 0 bridgehead atoms. The average Bonchev–Trinajstić information content (AvgIpc) is 2.47. The number of nitrogens with one attached hydrogen (secondary N) is 1. The predicted octanol–water partition coefficient (Wildman–Crippen LogP) is 3.03. The molecule has 0 heterocycles. The number of rotatable bonds is 5. The summed E-state index contributed by atoms with van der Waals surface area (Å²) in [6.45, 7) is 2.33. The van der Waals surface area contributed by atoms with E-state index in [1.54, 1.807) is 14.2 Å². The highest BCUT2D eigenvalue weighted by molar-refractivity contribution is 5.40. The summed E-state index contributed by atoms with van der Waals surface area (Å²) in [5, 5.41) is 0. The summed E-state index contributed by atoms with van der Waals surface area (Å²) in [5.74, 6) is 8.80. The zero-order chi connectivity index (χ0) is 14.5. The number of hydrazine groups is 1. The Hall–Kier alpha value is -1.26. The Kier molecular flexibility index (Phi) is 5.26. The van der Waals surface area contributed by atoms with Gasteiger partial charge in [-0.05, 0) is 42.4 Å². The summed E-state index contributed by atoms with van der Waals surface area (Å²) in [4.78, 5) is 0. The third-order valence-electron chi connectivity index (χ3n) is 4.36. The van der Waals surface area contributed by atoms with E-state index in [1.807, 2.05) is 18.2 Å². The predicted molar refractivity (Wildman–Crippen MR) is 80.7 cm³/mol. The maximum Gasteiger partial charge on any atom is 0.122 e. The van der Waals surface area contributed by atoms with Crippen molar-refractivity contribution in [2.75, 3.05) is 14.2 Å². The van der Waals surface area contributed by atoms with Crippen LogP contribution in [0, 0.1) is 11.8 Å². The second-order valence-electron chi connectivity index (χ2n) is 5.82. The van der Waals surface area contributed by atoms with Gasteiger partial charge in [-0.1, -0.05) is 19.8 Å². The minimum Gasteiger partial charge on any atom is -0.497 e. The minimum absolute atomic E-state index is 0.154. The molecule has 1 saturated carbocycles. The molecule has 3 atom stereocenters. The van der Waals surface area contributed by atoms with Crippen LogP contribution in [-0.2, 0) is 0 Å². The van der Waals surface area contributed by atoms with Crippen LogP contribution in [0.25, 0.3) is 0 Å². The molecular formula is C16H26N2O2. The molecule has 1 fully saturated rings. The molecule has 112 valence electrons. The van der Waals surface area contributed by atoms with E-state index in [1.165, 1.54) is 25.7 Å². The van der Waals surface area contributed by atoms with Crippen molar-refractivity contribution in [1.82, 2.24) is 5.43 Å². The van der Waals surface area contributed by atoms with Gasteiger partial charge in [0, 0.05) is 12.1 Å². The third-order valence-corrected chi connectivity index (χ3v) is 4.36. The van der Waals surface area contributed by atoms with E-state index in [0.717, 1.165) is 23.0 Å². The summed E-state index contributed by atoms with van der Waals surface area (Å²) in [6, 6.07) is 6.14. The Balaban J connectivity index is 2.25. The van der Waals surface area contributed by atoms with Crippen molar-refractivity contribution in [1.29, 1.82) is 0 Å². The average molecular weight is 278 g/mol. The topological polar surface area (TPSA) is 56.5 Å². The van der Waals surface area contributed by atoms with Crippen molar-refractivity contribution >= 4 is 0 Å². The molecule has 1 aliphatic rings. The van der Waals surface area contributed by atoms with E-state index in [9.17, 15) is 0 Å². The Bertz CT molecular complexity index is 414. The van der Waals surface area contributed by atoms with Crippen LogP contribution < -0.4 is 20.7 Å². The molecule has 1 aliphatic carbocycles. The first-order valence-electron chi connectivity index (χ1n) is 7.37. The highest BCUT2D eigenvalue weighted by Gasteiger charge is 2.27. The monoisotopic (exact) mass is 278 g/mol. The van der Waals surface area contributed by atoms with E-state index in [-0.39, 0.29) is 6.04 Å². The number of ether oxygens (including phenoxy) is 2. The van der Waals surface area contributed by atoms with Crippen molar-refractivity contribution in [3.05, 3.63) is 23.8 Å². The molecule has 0 aromatic heterocycles. The van der Waals surface area contributed by atoms with Crippen LogP contribution in [0.15, 0.2) is 18.2 Å². The summed E-state index contributed by atoms with van der Waals surface area (Å²) in [6.07, 6.45) is 5.05. The van der Waals surface area contributed by atoms with Gasteiger partial charge in [0.05, 0.1) is 14.2 Å². The summed E-state index contributed by atoms with van der Waals surface area (Å²) in [5.41, 5.74) is 4.14. The smallest absolute Gasteiger partial charge is 0.122 e. The van der Waals surface area contributed by atoms with Gasteiger partial charge in [0.2, 0.25) is 0 Å². The molecule has 1 aromatic rings. The van der Waals surface area contributed by atoms with Gasteiger partial charge in [-0.3, -0.25) is 11.3 Å². The molecule has 3 unspecified atom stereocenters. The van der Waals surface area contributed by atoms with Crippen LogP contribution in [0.4, 0.5) is 0 Å². The first-order chi connectivity index (χ1) is 9.67. The van der Waals surface area contributed by atoms with Gasteiger partial charge >= 0.3 is 0 Å². The van der Waals surface area contributed by atoms with Gasteiger partial charge in [-0.25, -0.2) is 0 Å². The zero-order valence-electron chi connectivity index (χ0n) is 12.7. The van der Waals surface area contributed by atoms with Gasteiger partial charge in [-0.15, -0.1) is 0 Å². The zero-order valence-corrected chi connectivity index (χ0v) is 12.7. The second kappa shape index (κ2) is 6.95. The lowest BCUT2D eigenvalue weighted by atomic mass is 9.77. The SMILES string of the molecule is COc1cc(OC)cc(C(NN)C2CCCC(C)C2)c1. The van der Waals surface area contributed by atoms with Crippen molar-refractivity contribution in [3.63, 3.8) is 0 Å². The molecule has 1 aromatic carbocycles. The number of methoxy groups -OCH3 is 2. The van der Waals surface area contributed by atoms with Gasteiger partial charge in [-0.2, -0.15) is 0 Å². The molecule has 0 radical (unpaired) electrons. The lowest BCUT2D eigenvalue weighted by Crippen LogP contribution is -2.35. The van der Waals surface area contributed by atoms with E-state index < -0.39 is 0 Å². The third kappa shape index (κ3) is 3.44. The number of nitrogens with two attached hydrogens (primary N) is 1. The first-order valence-corrected chi connectivity index (χ1v) is 7.37. The minimum atomic E-state index is 0.154. The Labute approximate surface area is 121 Å². The first kappa shape index (κ1) is 15.1. The number of hydrogen-bond acceptors (Lipinski definition) is 4. The van der Waals surface area contributed by atoms with E-state index in [4.69, 9.17) is 15.3 Å². The van der Waals surface area contributed by atoms with Crippen LogP contribution in [0.1, 0.15) is 44.2 Å². The lowest BCUT2D eigenvalue weighted by Gasteiger charge is -2.33.